The molecule has 2 atom stereocenters. The topological polar surface area (TPSA) is 40.5 Å². The summed E-state index contributed by atoms with van der Waals surface area (Å²) in [7, 11) is 1.86. The zero-order chi connectivity index (χ0) is 7.72. The van der Waals surface area contributed by atoms with Gasteiger partial charge in [0.2, 0.25) is 0 Å². The molecule has 0 spiro atoms. The highest BCUT2D eigenvalue weighted by Gasteiger charge is 2.30. The summed E-state index contributed by atoms with van der Waals surface area (Å²) in [5.41, 5.74) is 0. The van der Waals surface area contributed by atoms with Crippen LogP contribution >= 0.6 is 0 Å². The Hall–Kier alpha value is -0.410. The Morgan fingerprint density at radius 3 is 2.50 bits per heavy atom. The highest BCUT2D eigenvalue weighted by Crippen LogP contribution is 2.15. The summed E-state index contributed by atoms with van der Waals surface area (Å²) in [6.45, 7) is 2.20. The van der Waals surface area contributed by atoms with E-state index in [2.05, 4.69) is 0 Å². The van der Waals surface area contributed by atoms with E-state index >= 15 is 0 Å². The molecule has 0 radical (unpaired) electrons. The Bertz CT molecular complexity index is 147. The summed E-state index contributed by atoms with van der Waals surface area (Å²) in [5.74, 6) is 0.152. The van der Waals surface area contributed by atoms with Crippen LogP contribution in [-0.4, -0.2) is 41.5 Å². The number of aliphatic hydroxyl groups is 1. The fraction of sp³-hybridized carbons (Fsp3) is 0.857. The molecule has 1 rings (SSSR count). The summed E-state index contributed by atoms with van der Waals surface area (Å²) in [6.07, 6.45) is 0.296. The average molecular weight is 143 g/mol. The lowest BCUT2D eigenvalue weighted by Gasteiger charge is -2.14. The van der Waals surface area contributed by atoms with Crippen LogP contribution in [0.5, 0.6) is 0 Å². The number of likely N-dealkylation sites (N-methyl/N-ethyl adjacent to an activating group) is 1. The van der Waals surface area contributed by atoms with E-state index in [0.717, 1.165) is 0 Å². The van der Waals surface area contributed by atoms with Crippen LogP contribution in [0.25, 0.3) is 0 Å². The molecule has 1 unspecified atom stereocenters. The van der Waals surface area contributed by atoms with Gasteiger partial charge in [0.25, 0.3) is 0 Å². The van der Waals surface area contributed by atoms with E-state index in [-0.39, 0.29) is 17.9 Å². The van der Waals surface area contributed by atoms with Crippen molar-refractivity contribution in [1.82, 2.24) is 4.90 Å². The summed E-state index contributed by atoms with van der Waals surface area (Å²) in [6, 6.07) is -0.0463. The minimum atomic E-state index is -0.307. The third kappa shape index (κ3) is 1.36. The third-order valence-corrected chi connectivity index (χ3v) is 2.00. The van der Waals surface area contributed by atoms with Crippen LogP contribution in [0.3, 0.4) is 0 Å². The Morgan fingerprint density at radius 2 is 2.30 bits per heavy atom. The molecule has 10 heavy (non-hydrogen) atoms. The van der Waals surface area contributed by atoms with Gasteiger partial charge in [0.15, 0.2) is 0 Å². The lowest BCUT2D eigenvalue weighted by molar-refractivity contribution is -0.120. The molecule has 1 saturated heterocycles. The van der Waals surface area contributed by atoms with Crippen molar-refractivity contribution in [1.29, 1.82) is 0 Å². The first kappa shape index (κ1) is 7.69. The van der Waals surface area contributed by atoms with Gasteiger partial charge in [-0.25, -0.2) is 0 Å². The number of β-amino-alcohol motifs (C(OH)–C–C–N with tert-alkyl or cyclic N) is 1. The van der Waals surface area contributed by atoms with Crippen LogP contribution in [0.2, 0.25) is 0 Å². The Kier molecular flexibility index (Phi) is 2.06. The quantitative estimate of drug-likeness (QED) is 0.545. The monoisotopic (exact) mass is 143 g/mol. The van der Waals surface area contributed by atoms with E-state index in [9.17, 15) is 4.79 Å². The number of hydrogen-bond donors (Lipinski definition) is 1. The molecule has 1 fully saturated rings. The van der Waals surface area contributed by atoms with Gasteiger partial charge >= 0.3 is 0 Å². The number of carbonyl (C=O) groups is 1. The summed E-state index contributed by atoms with van der Waals surface area (Å²) in [4.78, 5) is 12.7. The molecule has 0 aliphatic carbocycles. The molecule has 0 aromatic heterocycles. The Morgan fingerprint density at radius 1 is 1.70 bits per heavy atom. The second kappa shape index (κ2) is 2.68. The molecule has 3 heteroatoms. The number of ketones is 1. The number of carbonyl (C=O) groups excluding carboxylic acids is 1. The zero-order valence-corrected chi connectivity index (χ0v) is 6.37. The SMILES string of the molecule is CC(=O)[C@@H]1CC(O)CN1C. The molecule has 0 saturated carbocycles. The van der Waals surface area contributed by atoms with E-state index in [0.29, 0.717) is 13.0 Å². The maximum atomic E-state index is 10.8. The molecule has 0 bridgehead atoms. The molecule has 0 aromatic rings. The normalized spacial score (nSPS) is 34.7. The van der Waals surface area contributed by atoms with Crippen molar-refractivity contribution in [3.8, 4) is 0 Å². The fourth-order valence-corrected chi connectivity index (χ4v) is 1.45. The number of Topliss-reactive ketones (excluding diaryl/α,β-unsaturated/α-hetero) is 1. The van der Waals surface area contributed by atoms with Gasteiger partial charge in [-0.05, 0) is 20.4 Å². The molecule has 0 aromatic carbocycles. The number of hydrogen-bond acceptors (Lipinski definition) is 3. The van der Waals surface area contributed by atoms with Gasteiger partial charge < -0.3 is 5.11 Å². The number of nitrogens with zero attached hydrogens (tertiary/aromatic N) is 1. The van der Waals surface area contributed by atoms with Crippen molar-refractivity contribution in [3.05, 3.63) is 0 Å². The van der Waals surface area contributed by atoms with Gasteiger partial charge in [-0.2, -0.15) is 0 Å². The van der Waals surface area contributed by atoms with E-state index in [1.54, 1.807) is 6.92 Å². The molecule has 1 aliphatic heterocycles. The van der Waals surface area contributed by atoms with Crippen molar-refractivity contribution in [2.45, 2.75) is 25.5 Å². The van der Waals surface area contributed by atoms with E-state index in [1.807, 2.05) is 11.9 Å². The van der Waals surface area contributed by atoms with Crippen molar-refractivity contribution in [2.75, 3.05) is 13.6 Å². The Balaban J connectivity index is 2.54. The van der Waals surface area contributed by atoms with Crippen molar-refractivity contribution < 1.29 is 9.90 Å². The minimum Gasteiger partial charge on any atom is -0.392 e. The summed E-state index contributed by atoms with van der Waals surface area (Å²) >= 11 is 0. The standard InChI is InChI=1S/C7H13NO2/c1-5(9)7-3-6(10)4-8(7)2/h6-7,10H,3-4H2,1-2H3/t6?,7-/m0/s1. The van der Waals surface area contributed by atoms with E-state index in [1.165, 1.54) is 0 Å². The first-order valence-electron chi connectivity index (χ1n) is 3.50. The van der Waals surface area contributed by atoms with Crippen LogP contribution < -0.4 is 0 Å². The van der Waals surface area contributed by atoms with Crippen LogP contribution in [0.4, 0.5) is 0 Å². The van der Waals surface area contributed by atoms with Gasteiger partial charge in [0, 0.05) is 6.54 Å². The largest absolute Gasteiger partial charge is 0.392 e. The molecular weight excluding hydrogens is 130 g/mol. The Labute approximate surface area is 60.6 Å². The molecule has 3 nitrogen and oxygen atoms in total. The molecule has 1 N–H and O–H groups in total. The van der Waals surface area contributed by atoms with Crippen molar-refractivity contribution in [2.24, 2.45) is 0 Å². The molecule has 1 heterocycles. The first-order valence-corrected chi connectivity index (χ1v) is 3.50. The molecular formula is C7H13NO2. The number of rotatable bonds is 1. The van der Waals surface area contributed by atoms with Gasteiger partial charge in [-0.3, -0.25) is 9.69 Å². The fourth-order valence-electron chi connectivity index (χ4n) is 1.45. The average Bonchev–Trinajstić information content (AvgIpc) is 2.10. The van der Waals surface area contributed by atoms with Crippen molar-refractivity contribution >= 4 is 5.78 Å². The predicted octanol–water partition coefficient (Wildman–Crippen LogP) is -0.360. The molecule has 58 valence electrons. The zero-order valence-electron chi connectivity index (χ0n) is 6.37. The second-order valence-electron chi connectivity index (χ2n) is 2.96. The smallest absolute Gasteiger partial charge is 0.146 e. The third-order valence-electron chi connectivity index (χ3n) is 2.00. The molecule has 1 aliphatic rings. The highest BCUT2D eigenvalue weighted by molar-refractivity contribution is 5.81. The number of likely N-dealkylation sites (tertiary alicyclic amines) is 1. The highest BCUT2D eigenvalue weighted by atomic mass is 16.3. The second-order valence-corrected chi connectivity index (χ2v) is 2.96. The summed E-state index contributed by atoms with van der Waals surface area (Å²) in [5, 5.41) is 9.12. The lowest BCUT2D eigenvalue weighted by atomic mass is 10.1. The number of aliphatic hydroxyl groups excluding tert-OH is 1. The van der Waals surface area contributed by atoms with Gasteiger partial charge in [0.05, 0.1) is 12.1 Å². The van der Waals surface area contributed by atoms with Crippen LogP contribution in [0, 0.1) is 0 Å². The summed E-state index contributed by atoms with van der Waals surface area (Å²) < 4.78 is 0. The lowest BCUT2D eigenvalue weighted by Crippen LogP contribution is -2.30. The minimum absolute atomic E-state index is 0.0463. The maximum absolute atomic E-state index is 10.8. The first-order chi connectivity index (χ1) is 4.61. The van der Waals surface area contributed by atoms with E-state index in [4.69, 9.17) is 5.11 Å². The van der Waals surface area contributed by atoms with Crippen LogP contribution in [0.1, 0.15) is 13.3 Å². The van der Waals surface area contributed by atoms with Gasteiger partial charge in [0.1, 0.15) is 5.78 Å². The molecule has 0 amide bonds. The van der Waals surface area contributed by atoms with E-state index < -0.39 is 0 Å². The maximum Gasteiger partial charge on any atom is 0.146 e. The van der Waals surface area contributed by atoms with Gasteiger partial charge in [-0.1, -0.05) is 0 Å². The van der Waals surface area contributed by atoms with Crippen LogP contribution in [0.15, 0.2) is 0 Å². The van der Waals surface area contributed by atoms with Crippen molar-refractivity contribution in [3.63, 3.8) is 0 Å². The predicted molar refractivity (Wildman–Crippen MR) is 37.7 cm³/mol. The van der Waals surface area contributed by atoms with Gasteiger partial charge in [-0.15, -0.1) is 0 Å². The van der Waals surface area contributed by atoms with Crippen LogP contribution in [-0.2, 0) is 4.79 Å².